The van der Waals surface area contributed by atoms with Gasteiger partial charge in [0.15, 0.2) is 0 Å². The van der Waals surface area contributed by atoms with Crippen LogP contribution in [0.1, 0.15) is 35.6 Å². The van der Waals surface area contributed by atoms with E-state index in [2.05, 4.69) is 137 Å². The van der Waals surface area contributed by atoms with Crippen molar-refractivity contribution in [3.05, 3.63) is 162 Å². The topological polar surface area (TPSA) is 86.5 Å². The van der Waals surface area contributed by atoms with E-state index in [1.165, 1.54) is 0 Å². The Morgan fingerprint density at radius 1 is 0.473 bits per heavy atom. The molecular weight excluding hydrogens is 698 g/mol. The number of carbonyl (C=O) groups is 1. The van der Waals surface area contributed by atoms with Crippen LogP contribution in [0.25, 0.3) is 90.9 Å². The van der Waals surface area contributed by atoms with E-state index in [4.69, 9.17) is 21.6 Å². The molecule has 1 amide bonds. The quantitative estimate of drug-likeness (QED) is 0.136. The number of amides is 1. The Balaban J connectivity index is 1.37. The number of anilines is 1. The standard InChI is InChI=1S/C48H36ClN5O/c49-30-10-17-44(55)50-35-20-18-34(19-21-35)48-42-28-26-40(53-42)46(32-13-6-2-7-14-32)38-24-22-36(51-38)45(31-11-4-1-5-12-31)37-23-25-39(52-37)47(33-15-8-3-9-16-33)41-27-29-43(48)54-41/h1-9,11-16,18-29,51,54H,10,17,30H2,(H,50,55). The molecule has 0 aliphatic carbocycles. The first-order chi connectivity index (χ1) is 27.1. The van der Waals surface area contributed by atoms with Gasteiger partial charge >= 0.3 is 0 Å². The van der Waals surface area contributed by atoms with E-state index < -0.39 is 0 Å². The van der Waals surface area contributed by atoms with Crippen LogP contribution >= 0.6 is 11.6 Å². The van der Waals surface area contributed by atoms with Gasteiger partial charge < -0.3 is 15.3 Å². The molecule has 6 nitrogen and oxygen atoms in total. The molecule has 7 aromatic rings. The Labute approximate surface area is 324 Å². The molecule has 0 unspecified atom stereocenters. The van der Waals surface area contributed by atoms with Gasteiger partial charge in [-0.3, -0.25) is 4.79 Å². The van der Waals surface area contributed by atoms with Gasteiger partial charge in [-0.15, -0.1) is 11.6 Å². The Hall–Kier alpha value is -6.76. The molecule has 7 heteroatoms. The average Bonchev–Trinajstić information content (AvgIpc) is 4.07. The number of halogens is 1. The maximum absolute atomic E-state index is 12.5. The number of nitrogens with one attached hydrogen (secondary N) is 3. The SMILES string of the molecule is O=C(CCCCl)Nc1ccc(-c2c3nc(c(-c4ccccc4)c4ccc([nH]4)c(-c4ccccc4)c4nc(c(-c5ccccc5)c5ccc2[nH]5)C=C4)C=C3)cc1. The van der Waals surface area contributed by atoms with Crippen molar-refractivity contribution in [1.29, 1.82) is 0 Å². The van der Waals surface area contributed by atoms with E-state index in [1.807, 2.05) is 42.5 Å². The lowest BCUT2D eigenvalue weighted by atomic mass is 10.0. The van der Waals surface area contributed by atoms with Crippen molar-refractivity contribution in [2.75, 3.05) is 11.2 Å². The first-order valence-electron chi connectivity index (χ1n) is 18.4. The van der Waals surface area contributed by atoms with Crippen molar-refractivity contribution in [2.24, 2.45) is 0 Å². The van der Waals surface area contributed by atoms with Crippen LogP contribution in [0.4, 0.5) is 5.69 Å². The van der Waals surface area contributed by atoms with Crippen LogP contribution < -0.4 is 5.32 Å². The molecule has 8 bridgehead atoms. The number of aromatic nitrogens is 4. The van der Waals surface area contributed by atoms with E-state index in [1.54, 1.807) is 0 Å². The number of H-pyrrole nitrogens is 2. The molecule has 3 N–H and O–H groups in total. The molecular formula is C48H36ClN5O. The summed E-state index contributed by atoms with van der Waals surface area (Å²) >= 11 is 5.83. The van der Waals surface area contributed by atoms with Crippen molar-refractivity contribution >= 4 is 69.6 Å². The molecule has 0 fully saturated rings. The second kappa shape index (κ2) is 14.9. The number of hydrogen-bond acceptors (Lipinski definition) is 3. The lowest BCUT2D eigenvalue weighted by molar-refractivity contribution is -0.116. The fourth-order valence-corrected chi connectivity index (χ4v) is 7.54. The summed E-state index contributed by atoms with van der Waals surface area (Å²) in [6.07, 6.45) is 9.42. The second-order valence-corrected chi connectivity index (χ2v) is 13.9. The summed E-state index contributed by atoms with van der Waals surface area (Å²) in [4.78, 5) is 30.8. The van der Waals surface area contributed by atoms with E-state index >= 15 is 0 Å². The van der Waals surface area contributed by atoms with E-state index in [9.17, 15) is 4.79 Å². The number of fused-ring (bicyclic) bond motifs is 8. The zero-order chi connectivity index (χ0) is 37.1. The summed E-state index contributed by atoms with van der Waals surface area (Å²) in [5.74, 6) is 0.395. The lowest BCUT2D eigenvalue weighted by Crippen LogP contribution is -2.11. The summed E-state index contributed by atoms with van der Waals surface area (Å²) in [7, 11) is 0. The first kappa shape index (κ1) is 34.0. The van der Waals surface area contributed by atoms with Gasteiger partial charge in [-0.2, -0.15) is 0 Å². The van der Waals surface area contributed by atoms with Crippen LogP contribution in [0.5, 0.6) is 0 Å². The molecule has 266 valence electrons. The number of nitrogens with zero attached hydrogens (tertiary/aromatic N) is 2. The molecule has 0 saturated heterocycles. The van der Waals surface area contributed by atoms with Crippen molar-refractivity contribution < 1.29 is 4.79 Å². The van der Waals surface area contributed by atoms with Crippen LogP contribution in [0.15, 0.2) is 140 Å². The third kappa shape index (κ3) is 6.80. The van der Waals surface area contributed by atoms with Crippen LogP contribution in [0, 0.1) is 0 Å². The van der Waals surface area contributed by atoms with Crippen LogP contribution in [0.3, 0.4) is 0 Å². The highest BCUT2D eigenvalue weighted by atomic mass is 35.5. The third-order valence-electron chi connectivity index (χ3n) is 9.94. The number of hydrogen-bond donors (Lipinski definition) is 3. The smallest absolute Gasteiger partial charge is 0.224 e. The number of carbonyl (C=O) groups excluding carboxylic acids is 1. The van der Waals surface area contributed by atoms with Crippen molar-refractivity contribution in [3.63, 3.8) is 0 Å². The molecule has 0 saturated carbocycles. The summed E-state index contributed by atoms with van der Waals surface area (Å²) < 4.78 is 0. The minimum Gasteiger partial charge on any atom is -0.354 e. The number of benzene rings is 4. The average molecular weight is 734 g/mol. The van der Waals surface area contributed by atoms with E-state index in [0.29, 0.717) is 18.7 Å². The fraction of sp³-hybridized carbons (Fsp3) is 0.0625. The minimum absolute atomic E-state index is 0.0553. The third-order valence-corrected chi connectivity index (χ3v) is 10.2. The monoisotopic (exact) mass is 733 g/mol. The van der Waals surface area contributed by atoms with Gasteiger partial charge in [-0.25, -0.2) is 9.97 Å². The zero-order valence-electron chi connectivity index (χ0n) is 29.9. The van der Waals surface area contributed by atoms with Crippen molar-refractivity contribution in [1.82, 2.24) is 19.9 Å². The molecule has 9 rings (SSSR count). The lowest BCUT2D eigenvalue weighted by Gasteiger charge is -2.08. The van der Waals surface area contributed by atoms with Gasteiger partial charge in [0, 0.05) is 62.3 Å². The number of alkyl halides is 1. The fourth-order valence-electron chi connectivity index (χ4n) is 7.41. The van der Waals surface area contributed by atoms with Crippen LogP contribution in [-0.4, -0.2) is 31.7 Å². The first-order valence-corrected chi connectivity index (χ1v) is 19.0. The highest BCUT2D eigenvalue weighted by Gasteiger charge is 2.19. The maximum Gasteiger partial charge on any atom is 0.224 e. The molecule has 2 aliphatic heterocycles. The molecule has 2 aliphatic rings. The van der Waals surface area contributed by atoms with Crippen molar-refractivity contribution in [2.45, 2.75) is 12.8 Å². The van der Waals surface area contributed by atoms with Gasteiger partial charge in [-0.05, 0) is 89.4 Å². The highest BCUT2D eigenvalue weighted by Crippen LogP contribution is 2.38. The summed E-state index contributed by atoms with van der Waals surface area (Å²) in [5, 5.41) is 3.00. The predicted molar refractivity (Wildman–Crippen MR) is 229 cm³/mol. The van der Waals surface area contributed by atoms with Crippen molar-refractivity contribution in [3.8, 4) is 44.5 Å². The molecule has 5 heterocycles. The Kier molecular flexibility index (Phi) is 9.24. The zero-order valence-corrected chi connectivity index (χ0v) is 30.6. The largest absolute Gasteiger partial charge is 0.354 e. The molecule has 0 spiro atoms. The Bertz CT molecular complexity index is 2730. The maximum atomic E-state index is 12.5. The summed E-state index contributed by atoms with van der Waals surface area (Å²) in [6, 6.07) is 47.7. The van der Waals surface area contributed by atoms with Crippen LogP contribution in [0.2, 0.25) is 0 Å². The molecule has 3 aromatic heterocycles. The van der Waals surface area contributed by atoms with Crippen LogP contribution in [-0.2, 0) is 4.79 Å². The molecule has 55 heavy (non-hydrogen) atoms. The Morgan fingerprint density at radius 2 is 0.818 bits per heavy atom. The second-order valence-electron chi connectivity index (χ2n) is 13.5. The predicted octanol–water partition coefficient (Wildman–Crippen LogP) is 12.3. The van der Waals surface area contributed by atoms with Gasteiger partial charge in [0.25, 0.3) is 0 Å². The van der Waals surface area contributed by atoms with Gasteiger partial charge in [0.05, 0.1) is 22.8 Å². The normalized spacial score (nSPS) is 11.9. The summed E-state index contributed by atoms with van der Waals surface area (Å²) in [5.41, 5.74) is 16.0. The Morgan fingerprint density at radius 3 is 1.16 bits per heavy atom. The number of aromatic amines is 2. The molecule has 0 atom stereocenters. The van der Waals surface area contributed by atoms with Gasteiger partial charge in [0.1, 0.15) is 0 Å². The van der Waals surface area contributed by atoms with Gasteiger partial charge in [-0.1, -0.05) is 103 Å². The number of rotatable bonds is 8. The minimum atomic E-state index is -0.0553. The molecule has 4 aromatic carbocycles. The molecule has 0 radical (unpaired) electrons. The van der Waals surface area contributed by atoms with E-state index in [-0.39, 0.29) is 5.91 Å². The van der Waals surface area contributed by atoms with E-state index in [0.717, 1.165) is 95.0 Å². The highest BCUT2D eigenvalue weighted by molar-refractivity contribution is 6.18. The summed E-state index contributed by atoms with van der Waals surface area (Å²) in [6.45, 7) is 0. The van der Waals surface area contributed by atoms with Gasteiger partial charge in [0.2, 0.25) is 5.91 Å².